The largest absolute Gasteiger partial charge is 0.495 e. The zero-order chi connectivity index (χ0) is 22.1. The number of amides is 1. The van der Waals surface area contributed by atoms with E-state index in [2.05, 4.69) is 5.32 Å². The third-order valence-electron chi connectivity index (χ3n) is 4.97. The second-order valence-electron chi connectivity index (χ2n) is 7.01. The first-order valence-electron chi connectivity index (χ1n) is 9.35. The minimum atomic E-state index is -3.82. The third kappa shape index (κ3) is 4.07. The molecule has 0 spiro atoms. The number of hydrogen-bond donors (Lipinski definition) is 1. The summed E-state index contributed by atoms with van der Waals surface area (Å²) in [5, 5.41) is 3.20. The number of carbonyl (C=O) groups excluding carboxylic acids is 2. The lowest BCUT2D eigenvalue weighted by Gasteiger charge is -2.15. The lowest BCUT2D eigenvalue weighted by Crippen LogP contribution is -2.23. The summed E-state index contributed by atoms with van der Waals surface area (Å²) in [6.45, 7) is 0. The number of nitrogens with zero attached hydrogens (tertiary/aromatic N) is 1. The Hall–Kier alpha value is -2.43. The molecule has 1 N–H and O–H groups in total. The van der Waals surface area contributed by atoms with Crippen LogP contribution in [0.15, 0.2) is 23.1 Å². The second-order valence-corrected chi connectivity index (χ2v) is 10.2. The minimum Gasteiger partial charge on any atom is -0.495 e. The van der Waals surface area contributed by atoms with E-state index in [4.69, 9.17) is 9.47 Å². The Kier molecular flexibility index (Phi) is 6.49. The predicted octanol–water partition coefficient (Wildman–Crippen LogP) is 2.92. The van der Waals surface area contributed by atoms with Gasteiger partial charge in [0.2, 0.25) is 10.0 Å². The molecule has 0 aliphatic heterocycles. The summed E-state index contributed by atoms with van der Waals surface area (Å²) in [6.07, 6.45) is 3.63. The number of hydrogen-bond acceptors (Lipinski definition) is 7. The molecule has 0 atom stereocenters. The van der Waals surface area contributed by atoms with E-state index in [9.17, 15) is 18.0 Å². The highest BCUT2D eigenvalue weighted by atomic mass is 32.2. The monoisotopic (exact) mass is 452 g/mol. The van der Waals surface area contributed by atoms with Crippen LogP contribution in [0.4, 0.5) is 5.00 Å². The van der Waals surface area contributed by atoms with Gasteiger partial charge in [-0.25, -0.2) is 17.5 Å². The van der Waals surface area contributed by atoms with Gasteiger partial charge < -0.3 is 14.8 Å². The van der Waals surface area contributed by atoms with Crippen molar-refractivity contribution in [3.05, 3.63) is 39.8 Å². The molecule has 0 saturated heterocycles. The Morgan fingerprint density at radius 1 is 1.13 bits per heavy atom. The van der Waals surface area contributed by atoms with Crippen LogP contribution in [-0.2, 0) is 27.6 Å². The normalized spacial score (nSPS) is 13.6. The fourth-order valence-electron chi connectivity index (χ4n) is 3.36. The molecule has 10 heteroatoms. The molecule has 162 valence electrons. The number of thiophene rings is 1. The minimum absolute atomic E-state index is 0.110. The molecule has 1 aliphatic rings. The van der Waals surface area contributed by atoms with E-state index in [-0.39, 0.29) is 16.2 Å². The molecule has 8 nitrogen and oxygen atoms in total. The number of sulfonamides is 1. The van der Waals surface area contributed by atoms with Crippen molar-refractivity contribution in [2.45, 2.75) is 30.6 Å². The van der Waals surface area contributed by atoms with Gasteiger partial charge >= 0.3 is 5.97 Å². The number of carbonyl (C=O) groups is 2. The SMILES string of the molecule is COC(=O)c1c(NC(=O)c2ccc(OC)c(S(=O)(=O)N(C)C)c2)sc2c1CCCC2. The first-order chi connectivity index (χ1) is 14.2. The summed E-state index contributed by atoms with van der Waals surface area (Å²) in [7, 11) is 1.66. The molecule has 0 bridgehead atoms. The summed E-state index contributed by atoms with van der Waals surface area (Å²) < 4.78 is 36.4. The van der Waals surface area contributed by atoms with Crippen LogP contribution >= 0.6 is 11.3 Å². The van der Waals surface area contributed by atoms with Gasteiger partial charge in [-0.1, -0.05) is 0 Å². The lowest BCUT2D eigenvalue weighted by atomic mass is 9.95. The molecule has 0 saturated carbocycles. The van der Waals surface area contributed by atoms with Gasteiger partial charge in [-0.05, 0) is 49.4 Å². The Balaban J connectivity index is 1.99. The van der Waals surface area contributed by atoms with E-state index in [1.807, 2.05) is 0 Å². The molecular formula is C20H24N2O6S2. The summed E-state index contributed by atoms with van der Waals surface area (Å²) in [5.74, 6) is -0.867. The van der Waals surface area contributed by atoms with Gasteiger partial charge in [-0.2, -0.15) is 0 Å². The molecule has 1 amide bonds. The number of benzene rings is 1. The summed E-state index contributed by atoms with van der Waals surface area (Å²) in [5.41, 5.74) is 1.46. The van der Waals surface area contributed by atoms with Crippen LogP contribution in [0, 0.1) is 0 Å². The first kappa shape index (κ1) is 22.3. The molecule has 0 unspecified atom stereocenters. The summed E-state index contributed by atoms with van der Waals surface area (Å²) in [6, 6.07) is 4.19. The van der Waals surface area contributed by atoms with Gasteiger partial charge in [0.1, 0.15) is 15.6 Å². The first-order valence-corrected chi connectivity index (χ1v) is 11.6. The van der Waals surface area contributed by atoms with Gasteiger partial charge in [0.25, 0.3) is 5.91 Å². The maximum absolute atomic E-state index is 12.9. The number of ether oxygens (including phenoxy) is 2. The van der Waals surface area contributed by atoms with Crippen molar-refractivity contribution < 1.29 is 27.5 Å². The lowest BCUT2D eigenvalue weighted by molar-refractivity contribution is 0.0601. The van der Waals surface area contributed by atoms with Crippen LogP contribution in [0.3, 0.4) is 0 Å². The van der Waals surface area contributed by atoms with Gasteiger partial charge in [0, 0.05) is 24.5 Å². The van der Waals surface area contributed by atoms with E-state index >= 15 is 0 Å². The number of nitrogens with one attached hydrogen (secondary N) is 1. The van der Waals surface area contributed by atoms with Crippen LogP contribution in [0.1, 0.15) is 44.0 Å². The van der Waals surface area contributed by atoms with Crippen molar-refractivity contribution in [1.82, 2.24) is 4.31 Å². The molecule has 3 rings (SSSR count). The second kappa shape index (κ2) is 8.75. The molecule has 1 aliphatic carbocycles. The van der Waals surface area contributed by atoms with Gasteiger partial charge in [0.05, 0.1) is 19.8 Å². The number of anilines is 1. The highest BCUT2D eigenvalue weighted by Crippen LogP contribution is 2.39. The zero-order valence-electron chi connectivity index (χ0n) is 17.3. The number of fused-ring (bicyclic) bond motifs is 1. The van der Waals surface area contributed by atoms with Crippen molar-refractivity contribution in [2.75, 3.05) is 33.6 Å². The van der Waals surface area contributed by atoms with Crippen molar-refractivity contribution >= 4 is 38.2 Å². The molecule has 0 fully saturated rings. The fourth-order valence-corrected chi connectivity index (χ4v) is 5.71. The van der Waals surface area contributed by atoms with Crippen LogP contribution in [-0.4, -0.2) is 52.9 Å². The molecule has 1 heterocycles. The standard InChI is InChI=1S/C20H24N2O6S2/c1-22(2)30(25,26)16-11-12(9-10-14(16)27-3)18(23)21-19-17(20(24)28-4)13-7-5-6-8-15(13)29-19/h9-11H,5-8H2,1-4H3,(H,21,23). The number of aryl methyl sites for hydroxylation is 1. The number of rotatable bonds is 6. The quantitative estimate of drug-likeness (QED) is 0.676. The van der Waals surface area contributed by atoms with Gasteiger partial charge in [-0.3, -0.25) is 4.79 Å². The highest BCUT2D eigenvalue weighted by Gasteiger charge is 2.28. The molecular weight excluding hydrogens is 428 g/mol. The average Bonchev–Trinajstić information content (AvgIpc) is 3.10. The van der Waals surface area contributed by atoms with Crippen LogP contribution < -0.4 is 10.1 Å². The Morgan fingerprint density at radius 2 is 1.83 bits per heavy atom. The van der Waals surface area contributed by atoms with Gasteiger partial charge in [-0.15, -0.1) is 11.3 Å². The maximum atomic E-state index is 12.9. The molecule has 1 aromatic heterocycles. The van der Waals surface area contributed by atoms with E-state index in [0.717, 1.165) is 40.4 Å². The van der Waals surface area contributed by atoms with Crippen molar-refractivity contribution in [1.29, 1.82) is 0 Å². The summed E-state index contributed by atoms with van der Waals surface area (Å²) >= 11 is 1.37. The zero-order valence-corrected chi connectivity index (χ0v) is 18.9. The van der Waals surface area contributed by atoms with Crippen LogP contribution in [0.25, 0.3) is 0 Å². The van der Waals surface area contributed by atoms with E-state index in [1.165, 1.54) is 57.9 Å². The molecule has 30 heavy (non-hydrogen) atoms. The number of esters is 1. The van der Waals surface area contributed by atoms with Crippen LogP contribution in [0.2, 0.25) is 0 Å². The average molecular weight is 453 g/mol. The third-order valence-corrected chi connectivity index (χ3v) is 8.02. The molecule has 2 aromatic rings. The smallest absolute Gasteiger partial charge is 0.341 e. The van der Waals surface area contributed by atoms with Crippen molar-refractivity contribution in [3.8, 4) is 5.75 Å². The predicted molar refractivity (Wildman–Crippen MR) is 114 cm³/mol. The van der Waals surface area contributed by atoms with Crippen molar-refractivity contribution in [2.24, 2.45) is 0 Å². The van der Waals surface area contributed by atoms with Crippen LogP contribution in [0.5, 0.6) is 5.75 Å². The topological polar surface area (TPSA) is 102 Å². The molecule has 0 radical (unpaired) electrons. The molecule has 1 aromatic carbocycles. The Bertz CT molecular complexity index is 1090. The van der Waals surface area contributed by atoms with Gasteiger partial charge in [0.15, 0.2) is 0 Å². The Morgan fingerprint density at radius 3 is 2.47 bits per heavy atom. The summed E-state index contributed by atoms with van der Waals surface area (Å²) in [4.78, 5) is 26.3. The highest BCUT2D eigenvalue weighted by molar-refractivity contribution is 7.89. The fraction of sp³-hybridized carbons (Fsp3) is 0.400. The van der Waals surface area contributed by atoms with E-state index in [0.29, 0.717) is 10.6 Å². The van der Waals surface area contributed by atoms with Crippen molar-refractivity contribution in [3.63, 3.8) is 0 Å². The van der Waals surface area contributed by atoms with E-state index < -0.39 is 21.9 Å². The number of methoxy groups -OCH3 is 2. The Labute approximate surface area is 179 Å². The van der Waals surface area contributed by atoms with E-state index in [1.54, 1.807) is 0 Å². The maximum Gasteiger partial charge on any atom is 0.341 e.